The summed E-state index contributed by atoms with van der Waals surface area (Å²) in [6.07, 6.45) is -11.6. The fourth-order valence-electron chi connectivity index (χ4n) is 1.75. The van der Waals surface area contributed by atoms with Crippen molar-refractivity contribution in [3.8, 4) is 0 Å². The topological polar surface area (TPSA) is 26.3 Å². The molecule has 0 aliphatic carbocycles. The first-order chi connectivity index (χ1) is 9.97. The molecule has 1 atom stereocenters. The summed E-state index contributed by atoms with van der Waals surface area (Å²) in [5.41, 5.74) is -5.87. The predicted octanol–water partition coefficient (Wildman–Crippen LogP) is 4.60. The van der Waals surface area contributed by atoms with Crippen molar-refractivity contribution in [3.05, 3.63) is 35.9 Å². The standard InChI is InChI=1S/C14H14F6O2/c1-3-9(2)11(21)22-12(13(15,16)17,14(18,19)20)10-7-5-4-6-8-10/h4-9H,3H2,1-2H3. The predicted molar refractivity (Wildman–Crippen MR) is 65.8 cm³/mol. The average molecular weight is 328 g/mol. The second-order valence-corrected chi connectivity index (χ2v) is 4.77. The highest BCUT2D eigenvalue weighted by Gasteiger charge is 2.75. The van der Waals surface area contributed by atoms with Crippen molar-refractivity contribution >= 4 is 5.97 Å². The van der Waals surface area contributed by atoms with Crippen LogP contribution in [0.1, 0.15) is 25.8 Å². The zero-order valence-corrected chi connectivity index (χ0v) is 11.8. The first-order valence-electron chi connectivity index (χ1n) is 6.39. The molecular formula is C14H14F6O2. The Hall–Kier alpha value is -1.73. The summed E-state index contributed by atoms with van der Waals surface area (Å²) in [5, 5.41) is 0. The lowest BCUT2D eigenvalue weighted by Gasteiger charge is -2.37. The molecule has 0 radical (unpaired) electrons. The molecule has 1 rings (SSSR count). The van der Waals surface area contributed by atoms with Gasteiger partial charge in [0.1, 0.15) is 0 Å². The number of halogens is 6. The largest absolute Gasteiger partial charge is 0.442 e. The minimum atomic E-state index is -5.85. The number of rotatable bonds is 4. The van der Waals surface area contributed by atoms with Gasteiger partial charge in [0.15, 0.2) is 0 Å². The van der Waals surface area contributed by atoms with Gasteiger partial charge < -0.3 is 4.74 Å². The van der Waals surface area contributed by atoms with Gasteiger partial charge in [-0.05, 0) is 6.42 Å². The van der Waals surface area contributed by atoms with Crippen LogP contribution in [-0.4, -0.2) is 18.3 Å². The van der Waals surface area contributed by atoms with Crippen molar-refractivity contribution in [1.82, 2.24) is 0 Å². The molecule has 1 aromatic rings. The van der Waals surface area contributed by atoms with Crippen molar-refractivity contribution in [2.24, 2.45) is 5.92 Å². The van der Waals surface area contributed by atoms with Crippen LogP contribution in [0.2, 0.25) is 0 Å². The molecule has 1 unspecified atom stereocenters. The Morgan fingerprint density at radius 2 is 1.50 bits per heavy atom. The van der Waals surface area contributed by atoms with Crippen LogP contribution in [0, 0.1) is 5.92 Å². The molecule has 22 heavy (non-hydrogen) atoms. The Bertz CT molecular complexity index is 492. The van der Waals surface area contributed by atoms with E-state index in [2.05, 4.69) is 4.74 Å². The second-order valence-electron chi connectivity index (χ2n) is 4.77. The van der Waals surface area contributed by atoms with Gasteiger partial charge in [0, 0.05) is 5.56 Å². The number of carbonyl (C=O) groups is 1. The number of hydrogen-bond acceptors (Lipinski definition) is 2. The van der Waals surface area contributed by atoms with E-state index in [4.69, 9.17) is 0 Å². The van der Waals surface area contributed by atoms with Crippen molar-refractivity contribution < 1.29 is 35.9 Å². The molecular weight excluding hydrogens is 314 g/mol. The lowest BCUT2D eigenvalue weighted by Crippen LogP contribution is -2.57. The summed E-state index contributed by atoms with van der Waals surface area (Å²) < 4.78 is 83.7. The molecule has 8 heteroatoms. The number of esters is 1. The zero-order valence-electron chi connectivity index (χ0n) is 11.8. The van der Waals surface area contributed by atoms with Crippen LogP contribution in [0.25, 0.3) is 0 Å². The molecule has 0 aliphatic heterocycles. The highest BCUT2D eigenvalue weighted by molar-refractivity contribution is 5.73. The van der Waals surface area contributed by atoms with Crippen molar-refractivity contribution in [2.45, 2.75) is 38.2 Å². The smallest absolute Gasteiger partial charge is 0.434 e. The van der Waals surface area contributed by atoms with Crippen molar-refractivity contribution in [2.75, 3.05) is 0 Å². The maximum Gasteiger partial charge on any atom is 0.442 e. The number of benzene rings is 1. The van der Waals surface area contributed by atoms with Crippen LogP contribution in [-0.2, 0) is 15.1 Å². The number of alkyl halides is 6. The molecule has 0 bridgehead atoms. The van der Waals surface area contributed by atoms with E-state index in [9.17, 15) is 31.1 Å². The van der Waals surface area contributed by atoms with Gasteiger partial charge in [0.25, 0.3) is 0 Å². The minimum Gasteiger partial charge on any atom is -0.434 e. The third-order valence-electron chi connectivity index (χ3n) is 3.25. The first-order valence-corrected chi connectivity index (χ1v) is 6.39. The monoisotopic (exact) mass is 328 g/mol. The van der Waals surface area contributed by atoms with Crippen LogP contribution in [0.15, 0.2) is 30.3 Å². The van der Waals surface area contributed by atoms with Gasteiger partial charge in [-0.25, -0.2) is 0 Å². The average Bonchev–Trinajstić information content (AvgIpc) is 2.41. The van der Waals surface area contributed by atoms with Gasteiger partial charge in [0.05, 0.1) is 5.92 Å². The van der Waals surface area contributed by atoms with Crippen LogP contribution < -0.4 is 0 Å². The van der Waals surface area contributed by atoms with E-state index in [0.717, 1.165) is 12.1 Å². The van der Waals surface area contributed by atoms with Gasteiger partial charge in [-0.15, -0.1) is 0 Å². The molecule has 1 aromatic carbocycles. The number of hydrogen-bond donors (Lipinski definition) is 0. The van der Waals surface area contributed by atoms with Gasteiger partial charge in [0.2, 0.25) is 0 Å². The van der Waals surface area contributed by atoms with Crippen LogP contribution in [0.4, 0.5) is 26.3 Å². The Labute approximate surface area is 123 Å². The van der Waals surface area contributed by atoms with Gasteiger partial charge in [-0.3, -0.25) is 4.79 Å². The van der Waals surface area contributed by atoms with E-state index in [-0.39, 0.29) is 6.42 Å². The van der Waals surface area contributed by atoms with E-state index >= 15 is 0 Å². The van der Waals surface area contributed by atoms with Gasteiger partial charge >= 0.3 is 23.9 Å². The fourth-order valence-corrected chi connectivity index (χ4v) is 1.75. The normalized spacial score (nSPS) is 14.5. The Morgan fingerprint density at radius 1 is 1.05 bits per heavy atom. The Kier molecular flexibility index (Phi) is 5.14. The molecule has 0 saturated heterocycles. The molecule has 0 spiro atoms. The maximum atomic E-state index is 13.3. The SMILES string of the molecule is CCC(C)C(=O)OC(c1ccccc1)(C(F)(F)F)C(F)(F)F. The maximum absolute atomic E-state index is 13.3. The van der Waals surface area contributed by atoms with Gasteiger partial charge in [-0.1, -0.05) is 44.2 Å². The molecule has 0 fully saturated rings. The van der Waals surface area contributed by atoms with Gasteiger partial charge in [-0.2, -0.15) is 26.3 Å². The first kappa shape index (κ1) is 18.3. The third-order valence-corrected chi connectivity index (χ3v) is 3.25. The minimum absolute atomic E-state index is 0.0550. The van der Waals surface area contributed by atoms with E-state index in [1.807, 2.05) is 0 Å². The molecule has 0 aliphatic rings. The zero-order chi connectivity index (χ0) is 17.2. The summed E-state index contributed by atoms with van der Waals surface area (Å²) >= 11 is 0. The lowest BCUT2D eigenvalue weighted by molar-refractivity contribution is -0.378. The highest BCUT2D eigenvalue weighted by atomic mass is 19.4. The Balaban J connectivity index is 3.52. The quantitative estimate of drug-likeness (QED) is 0.597. The van der Waals surface area contributed by atoms with Crippen molar-refractivity contribution in [1.29, 1.82) is 0 Å². The summed E-state index contributed by atoms with van der Waals surface area (Å²) in [7, 11) is 0. The molecule has 124 valence electrons. The molecule has 0 heterocycles. The van der Waals surface area contributed by atoms with E-state index in [1.54, 1.807) is 0 Å². The Morgan fingerprint density at radius 3 is 1.86 bits per heavy atom. The molecule has 0 N–H and O–H groups in total. The van der Waals surface area contributed by atoms with Crippen LogP contribution in [0.5, 0.6) is 0 Å². The van der Waals surface area contributed by atoms with E-state index < -0.39 is 35.4 Å². The number of ether oxygens (including phenoxy) is 1. The number of carbonyl (C=O) groups excluding carboxylic acids is 1. The van der Waals surface area contributed by atoms with Crippen LogP contribution >= 0.6 is 0 Å². The lowest BCUT2D eigenvalue weighted by atomic mass is 9.91. The summed E-state index contributed by atoms with van der Waals surface area (Å²) in [5.74, 6) is -2.64. The van der Waals surface area contributed by atoms with E-state index in [0.29, 0.717) is 12.1 Å². The second kappa shape index (κ2) is 6.18. The van der Waals surface area contributed by atoms with Crippen LogP contribution in [0.3, 0.4) is 0 Å². The summed E-state index contributed by atoms with van der Waals surface area (Å²) in [4.78, 5) is 11.6. The van der Waals surface area contributed by atoms with E-state index in [1.165, 1.54) is 19.9 Å². The molecule has 0 saturated carbocycles. The highest BCUT2D eigenvalue weighted by Crippen LogP contribution is 2.53. The molecule has 0 amide bonds. The molecule has 2 nitrogen and oxygen atoms in total. The molecule has 0 aromatic heterocycles. The summed E-state index contributed by atoms with van der Waals surface area (Å²) in [6, 6.07) is 4.55. The fraction of sp³-hybridized carbons (Fsp3) is 0.500. The van der Waals surface area contributed by atoms with Crippen molar-refractivity contribution in [3.63, 3.8) is 0 Å². The summed E-state index contributed by atoms with van der Waals surface area (Å²) in [6.45, 7) is 2.65. The third kappa shape index (κ3) is 3.20.